The molecule has 0 N–H and O–H groups in total. The van der Waals surface area contributed by atoms with Crippen LogP contribution in [0.4, 0.5) is 5.82 Å². The van der Waals surface area contributed by atoms with Crippen molar-refractivity contribution < 1.29 is 4.74 Å². The summed E-state index contributed by atoms with van der Waals surface area (Å²) in [5.74, 6) is 1.64. The molecule has 0 aliphatic carbocycles. The molecule has 1 aromatic heterocycles. The lowest BCUT2D eigenvalue weighted by Crippen LogP contribution is -2.57. The van der Waals surface area contributed by atoms with Gasteiger partial charge in [0.15, 0.2) is 0 Å². The molecular formula is C17H29N5O. The fourth-order valence-corrected chi connectivity index (χ4v) is 4.05. The van der Waals surface area contributed by atoms with Gasteiger partial charge in [0.1, 0.15) is 12.1 Å². The van der Waals surface area contributed by atoms with Gasteiger partial charge in [0.2, 0.25) is 5.88 Å². The number of likely N-dealkylation sites (tertiary alicyclic amines) is 1. The molecule has 2 aliphatic rings. The fourth-order valence-electron chi connectivity index (χ4n) is 4.05. The molecule has 128 valence electrons. The Morgan fingerprint density at radius 1 is 1.22 bits per heavy atom. The summed E-state index contributed by atoms with van der Waals surface area (Å²) in [5, 5.41) is 0. The fraction of sp³-hybridized carbons (Fsp3) is 0.765. The zero-order valence-electron chi connectivity index (χ0n) is 14.7. The number of rotatable bonds is 5. The maximum Gasteiger partial charge on any atom is 0.218 e. The van der Waals surface area contributed by atoms with E-state index in [1.165, 1.54) is 32.2 Å². The van der Waals surface area contributed by atoms with Gasteiger partial charge < -0.3 is 14.5 Å². The third-order valence-corrected chi connectivity index (χ3v) is 5.27. The van der Waals surface area contributed by atoms with Crippen LogP contribution in [0.3, 0.4) is 0 Å². The average molecular weight is 319 g/mol. The molecule has 2 saturated heterocycles. The van der Waals surface area contributed by atoms with Gasteiger partial charge in [0.05, 0.1) is 7.11 Å². The van der Waals surface area contributed by atoms with Gasteiger partial charge in [-0.1, -0.05) is 0 Å². The molecule has 2 fully saturated rings. The monoisotopic (exact) mass is 319 g/mol. The predicted octanol–water partition coefficient (Wildman–Crippen LogP) is 1.48. The van der Waals surface area contributed by atoms with E-state index in [2.05, 4.69) is 38.8 Å². The van der Waals surface area contributed by atoms with Crippen LogP contribution in [0.15, 0.2) is 12.4 Å². The minimum atomic E-state index is 0.326. The van der Waals surface area contributed by atoms with Crippen LogP contribution in [0, 0.1) is 0 Å². The van der Waals surface area contributed by atoms with Crippen molar-refractivity contribution in [3.63, 3.8) is 0 Å². The second-order valence-corrected chi connectivity index (χ2v) is 7.06. The van der Waals surface area contributed by atoms with Crippen molar-refractivity contribution in [1.29, 1.82) is 0 Å². The quantitative estimate of drug-likeness (QED) is 0.819. The number of hydrogen-bond acceptors (Lipinski definition) is 6. The molecule has 0 aromatic carbocycles. The predicted molar refractivity (Wildman–Crippen MR) is 92.1 cm³/mol. The molecule has 3 heterocycles. The Hall–Kier alpha value is -1.40. The minimum absolute atomic E-state index is 0.326. The van der Waals surface area contributed by atoms with E-state index in [9.17, 15) is 0 Å². The minimum Gasteiger partial charge on any atom is -0.481 e. The topological polar surface area (TPSA) is 44.7 Å². The number of methoxy groups -OCH3 is 1. The van der Waals surface area contributed by atoms with Gasteiger partial charge in [-0.2, -0.15) is 0 Å². The molecule has 6 heteroatoms. The first kappa shape index (κ1) is 16.5. The van der Waals surface area contributed by atoms with Gasteiger partial charge in [-0.3, -0.25) is 4.90 Å². The molecule has 0 saturated carbocycles. The van der Waals surface area contributed by atoms with Crippen LogP contribution in [0.5, 0.6) is 5.88 Å². The number of nitrogens with zero attached hydrogens (tertiary/aromatic N) is 5. The lowest BCUT2D eigenvalue weighted by atomic mass is 9.86. The third kappa shape index (κ3) is 3.58. The molecule has 6 nitrogen and oxygen atoms in total. The van der Waals surface area contributed by atoms with E-state index in [1.807, 2.05) is 6.07 Å². The second-order valence-electron chi connectivity index (χ2n) is 7.06. The van der Waals surface area contributed by atoms with Crippen molar-refractivity contribution in [3.8, 4) is 5.88 Å². The first-order chi connectivity index (χ1) is 11.1. The van der Waals surface area contributed by atoms with Gasteiger partial charge in [0.25, 0.3) is 0 Å². The zero-order chi connectivity index (χ0) is 16.3. The molecule has 1 unspecified atom stereocenters. The molecular weight excluding hydrogens is 290 g/mol. The first-order valence-corrected chi connectivity index (χ1v) is 8.64. The normalized spacial score (nSPS) is 25.5. The molecule has 0 radical (unpaired) electrons. The number of ether oxygens (including phenoxy) is 1. The third-order valence-electron chi connectivity index (χ3n) is 5.27. The molecule has 1 atom stereocenters. The molecule has 3 rings (SSSR count). The highest BCUT2D eigenvalue weighted by Gasteiger charge is 2.43. The first-order valence-electron chi connectivity index (χ1n) is 8.64. The molecule has 2 aliphatic heterocycles. The highest BCUT2D eigenvalue weighted by Crippen LogP contribution is 2.38. The summed E-state index contributed by atoms with van der Waals surface area (Å²) in [4.78, 5) is 16.0. The Kier molecular flexibility index (Phi) is 5.02. The molecule has 0 amide bonds. The maximum atomic E-state index is 5.25. The summed E-state index contributed by atoms with van der Waals surface area (Å²) in [6, 6.07) is 1.96. The smallest absolute Gasteiger partial charge is 0.218 e. The van der Waals surface area contributed by atoms with E-state index < -0.39 is 0 Å². The van der Waals surface area contributed by atoms with Crippen molar-refractivity contribution in [1.82, 2.24) is 19.8 Å². The summed E-state index contributed by atoms with van der Waals surface area (Å²) < 4.78 is 5.25. The van der Waals surface area contributed by atoms with E-state index in [4.69, 9.17) is 4.74 Å². The Labute approximate surface area is 139 Å². The Morgan fingerprint density at radius 3 is 2.74 bits per heavy atom. The van der Waals surface area contributed by atoms with Crippen molar-refractivity contribution in [3.05, 3.63) is 12.4 Å². The van der Waals surface area contributed by atoms with Crippen LogP contribution in [0.1, 0.15) is 25.7 Å². The van der Waals surface area contributed by atoms with Crippen LogP contribution in [-0.4, -0.2) is 79.2 Å². The maximum absolute atomic E-state index is 5.25. The summed E-state index contributed by atoms with van der Waals surface area (Å²) in [7, 11) is 5.97. The van der Waals surface area contributed by atoms with E-state index in [-0.39, 0.29) is 0 Å². The lowest BCUT2D eigenvalue weighted by molar-refractivity contribution is 0.108. The highest BCUT2D eigenvalue weighted by molar-refractivity contribution is 5.42. The van der Waals surface area contributed by atoms with Crippen LogP contribution < -0.4 is 9.64 Å². The number of hydrogen-bond donors (Lipinski definition) is 0. The highest BCUT2D eigenvalue weighted by atomic mass is 16.5. The lowest BCUT2D eigenvalue weighted by Gasteiger charge is -2.46. The van der Waals surface area contributed by atoms with Gasteiger partial charge in [-0.15, -0.1) is 0 Å². The van der Waals surface area contributed by atoms with Crippen LogP contribution >= 0.6 is 0 Å². The number of aromatic nitrogens is 2. The van der Waals surface area contributed by atoms with Crippen LogP contribution in [0.2, 0.25) is 0 Å². The molecule has 1 aromatic rings. The molecule has 1 spiro atoms. The van der Waals surface area contributed by atoms with E-state index in [1.54, 1.807) is 13.4 Å². The number of anilines is 1. The van der Waals surface area contributed by atoms with Gasteiger partial charge in [0, 0.05) is 37.8 Å². The largest absolute Gasteiger partial charge is 0.481 e. The standard InChI is InChI=1S/C17H29N5O/c1-20(2)10-11-22-9-5-7-17(22)6-4-8-21(13-17)15-12-16(23-3)19-14-18-15/h12,14H,4-11,13H2,1-3H3. The van der Waals surface area contributed by atoms with E-state index >= 15 is 0 Å². The van der Waals surface area contributed by atoms with Crippen molar-refractivity contribution >= 4 is 5.82 Å². The zero-order valence-corrected chi connectivity index (χ0v) is 14.7. The average Bonchev–Trinajstić information content (AvgIpc) is 2.94. The Balaban J connectivity index is 1.73. The van der Waals surface area contributed by atoms with E-state index in [0.717, 1.165) is 32.0 Å². The van der Waals surface area contributed by atoms with Gasteiger partial charge >= 0.3 is 0 Å². The summed E-state index contributed by atoms with van der Waals surface area (Å²) in [6.07, 6.45) is 6.76. The summed E-state index contributed by atoms with van der Waals surface area (Å²) in [5.41, 5.74) is 0.326. The van der Waals surface area contributed by atoms with Crippen molar-refractivity contribution in [2.75, 3.05) is 58.8 Å². The molecule has 0 bridgehead atoms. The summed E-state index contributed by atoms with van der Waals surface area (Å²) in [6.45, 7) is 5.66. The van der Waals surface area contributed by atoms with Crippen LogP contribution in [-0.2, 0) is 0 Å². The van der Waals surface area contributed by atoms with Gasteiger partial charge in [-0.05, 0) is 46.3 Å². The van der Waals surface area contributed by atoms with Crippen molar-refractivity contribution in [2.45, 2.75) is 31.2 Å². The van der Waals surface area contributed by atoms with Crippen molar-refractivity contribution in [2.24, 2.45) is 0 Å². The van der Waals surface area contributed by atoms with Gasteiger partial charge in [-0.25, -0.2) is 9.97 Å². The SMILES string of the molecule is COc1cc(N2CCCC3(CCCN3CCN(C)C)C2)ncn1. The van der Waals surface area contributed by atoms with Crippen LogP contribution in [0.25, 0.3) is 0 Å². The summed E-state index contributed by atoms with van der Waals surface area (Å²) >= 11 is 0. The second kappa shape index (κ2) is 7.01. The number of likely N-dealkylation sites (N-methyl/N-ethyl adjacent to an activating group) is 1. The Morgan fingerprint density at radius 2 is 2.00 bits per heavy atom. The Bertz CT molecular complexity index is 523. The molecule has 23 heavy (non-hydrogen) atoms. The number of piperidine rings is 1. The van der Waals surface area contributed by atoms with E-state index in [0.29, 0.717) is 11.4 Å².